The third-order valence-electron chi connectivity index (χ3n) is 4.05. The lowest BCUT2D eigenvalue weighted by molar-refractivity contribution is -0.123. The molecule has 1 fully saturated rings. The van der Waals surface area contributed by atoms with E-state index in [-0.39, 0.29) is 17.3 Å². The molecule has 5 heteroatoms. The van der Waals surface area contributed by atoms with Crippen molar-refractivity contribution < 1.29 is 9.18 Å². The van der Waals surface area contributed by atoms with Gasteiger partial charge in [0.1, 0.15) is 5.82 Å². The van der Waals surface area contributed by atoms with Crippen LogP contribution in [0.25, 0.3) is 11.3 Å². The van der Waals surface area contributed by atoms with Crippen LogP contribution in [0, 0.1) is 5.82 Å². The number of pyridine rings is 1. The molecule has 4 nitrogen and oxygen atoms in total. The molecule has 3 rings (SSSR count). The van der Waals surface area contributed by atoms with Gasteiger partial charge in [-0.05, 0) is 54.8 Å². The highest BCUT2D eigenvalue weighted by atomic mass is 19.1. The first-order valence-electron chi connectivity index (χ1n) is 6.78. The number of aromatic amines is 1. The van der Waals surface area contributed by atoms with Crippen molar-refractivity contribution in [3.05, 3.63) is 58.1 Å². The van der Waals surface area contributed by atoms with Crippen LogP contribution in [0.5, 0.6) is 0 Å². The van der Waals surface area contributed by atoms with Gasteiger partial charge in [0.25, 0.3) is 0 Å². The lowest BCUT2D eigenvalue weighted by Crippen LogP contribution is -2.33. The largest absolute Gasteiger partial charge is 0.355 e. The van der Waals surface area contributed by atoms with Gasteiger partial charge < -0.3 is 10.3 Å². The fourth-order valence-electron chi connectivity index (χ4n) is 2.66. The third kappa shape index (κ3) is 2.35. The molecule has 21 heavy (non-hydrogen) atoms. The highest BCUT2D eigenvalue weighted by molar-refractivity contribution is 5.90. The summed E-state index contributed by atoms with van der Waals surface area (Å²) in [5.74, 6) is -0.405. The number of carbonyl (C=O) groups is 1. The number of aromatic nitrogens is 1. The monoisotopic (exact) mass is 286 g/mol. The number of rotatable bonds is 2. The number of nitrogens with one attached hydrogen (secondary N) is 2. The molecule has 0 radical (unpaired) electrons. The van der Waals surface area contributed by atoms with Gasteiger partial charge in [-0.2, -0.15) is 0 Å². The Kier molecular flexibility index (Phi) is 3.12. The molecule has 2 aromatic rings. The predicted molar refractivity (Wildman–Crippen MR) is 77.4 cm³/mol. The van der Waals surface area contributed by atoms with Crippen LogP contribution < -0.4 is 10.9 Å². The average molecular weight is 286 g/mol. The zero-order valence-electron chi connectivity index (χ0n) is 11.6. The summed E-state index contributed by atoms with van der Waals surface area (Å²) in [6, 6.07) is 9.12. The molecular weight excluding hydrogens is 271 g/mol. The van der Waals surface area contributed by atoms with E-state index in [1.54, 1.807) is 18.2 Å². The van der Waals surface area contributed by atoms with Gasteiger partial charge in [0.05, 0.1) is 5.41 Å². The maximum absolute atomic E-state index is 13.0. The smallest absolute Gasteiger partial charge is 0.248 e. The number of halogens is 1. The van der Waals surface area contributed by atoms with Crippen molar-refractivity contribution in [3.8, 4) is 11.3 Å². The van der Waals surface area contributed by atoms with Crippen LogP contribution in [-0.4, -0.2) is 17.4 Å². The summed E-state index contributed by atoms with van der Waals surface area (Å²) in [5, 5.41) is 2.79. The second-order valence-electron chi connectivity index (χ2n) is 5.49. The fourth-order valence-corrected chi connectivity index (χ4v) is 2.66. The molecule has 0 aliphatic carbocycles. The Labute approximate surface area is 121 Å². The normalized spacial score (nSPS) is 21.3. The first kappa shape index (κ1) is 13.5. The molecule has 1 atom stereocenters. The van der Waals surface area contributed by atoms with Crippen LogP contribution in [0.1, 0.15) is 18.9 Å². The number of H-pyrrole nitrogens is 1. The Morgan fingerprint density at radius 3 is 2.48 bits per heavy atom. The minimum atomic E-state index is -0.691. The van der Waals surface area contributed by atoms with Crippen molar-refractivity contribution in [2.45, 2.75) is 18.8 Å². The van der Waals surface area contributed by atoms with Crippen LogP contribution >= 0.6 is 0 Å². The second-order valence-corrected chi connectivity index (χ2v) is 5.49. The first-order chi connectivity index (χ1) is 9.99. The van der Waals surface area contributed by atoms with Crippen molar-refractivity contribution in [2.75, 3.05) is 6.54 Å². The zero-order valence-corrected chi connectivity index (χ0v) is 11.6. The number of hydrogen-bond donors (Lipinski definition) is 2. The second kappa shape index (κ2) is 4.84. The van der Waals surface area contributed by atoms with Crippen LogP contribution in [0.4, 0.5) is 4.39 Å². The van der Waals surface area contributed by atoms with Gasteiger partial charge in [0.15, 0.2) is 0 Å². The van der Waals surface area contributed by atoms with Crippen molar-refractivity contribution in [1.82, 2.24) is 10.3 Å². The molecule has 1 aliphatic heterocycles. The Balaban J connectivity index is 2.11. The van der Waals surface area contributed by atoms with Gasteiger partial charge in [0, 0.05) is 18.3 Å². The molecule has 0 saturated carbocycles. The van der Waals surface area contributed by atoms with E-state index in [0.717, 1.165) is 0 Å². The summed E-state index contributed by atoms with van der Waals surface area (Å²) >= 11 is 0. The molecule has 0 bridgehead atoms. The van der Waals surface area contributed by atoms with Crippen LogP contribution in [0.3, 0.4) is 0 Å². The molecule has 2 N–H and O–H groups in total. The Bertz CT molecular complexity index is 752. The molecular formula is C16H15FN2O2. The number of carbonyl (C=O) groups excluding carboxylic acids is 1. The SMILES string of the molecule is CC1(c2cc(-c3ccc(F)cc3)[nH]c(=O)c2)CCNC1=O. The standard InChI is InChI=1S/C16H15FN2O2/c1-16(6-7-18-15(16)21)11-8-13(19-14(20)9-11)10-2-4-12(17)5-3-10/h2-5,8-9H,6-7H2,1H3,(H,18,21)(H,19,20). The lowest BCUT2D eigenvalue weighted by atomic mass is 9.81. The molecule has 1 unspecified atom stereocenters. The zero-order chi connectivity index (χ0) is 15.0. The van der Waals surface area contributed by atoms with Gasteiger partial charge in [-0.15, -0.1) is 0 Å². The molecule has 1 aliphatic rings. The fraction of sp³-hybridized carbons (Fsp3) is 0.250. The van der Waals surface area contributed by atoms with Crippen molar-refractivity contribution in [3.63, 3.8) is 0 Å². The van der Waals surface area contributed by atoms with Gasteiger partial charge in [-0.1, -0.05) is 0 Å². The van der Waals surface area contributed by atoms with Crippen LogP contribution in [0.2, 0.25) is 0 Å². The van der Waals surface area contributed by atoms with E-state index >= 15 is 0 Å². The summed E-state index contributed by atoms with van der Waals surface area (Å²) in [6.07, 6.45) is 0.651. The minimum Gasteiger partial charge on any atom is -0.355 e. The highest BCUT2D eigenvalue weighted by Gasteiger charge is 2.39. The van der Waals surface area contributed by atoms with Gasteiger partial charge in [-0.25, -0.2) is 4.39 Å². The minimum absolute atomic E-state index is 0.0712. The summed E-state index contributed by atoms with van der Waals surface area (Å²) in [4.78, 5) is 26.7. The average Bonchev–Trinajstić information content (AvgIpc) is 2.80. The van der Waals surface area contributed by atoms with Gasteiger partial charge >= 0.3 is 0 Å². The molecule has 1 saturated heterocycles. The third-order valence-corrected chi connectivity index (χ3v) is 4.05. The Hall–Kier alpha value is -2.43. The van der Waals surface area contributed by atoms with E-state index in [9.17, 15) is 14.0 Å². The number of benzene rings is 1. The maximum Gasteiger partial charge on any atom is 0.248 e. The first-order valence-corrected chi connectivity index (χ1v) is 6.78. The Morgan fingerprint density at radius 2 is 1.86 bits per heavy atom. The Morgan fingerprint density at radius 1 is 1.14 bits per heavy atom. The predicted octanol–water partition coefficient (Wildman–Crippen LogP) is 1.96. The number of amides is 1. The molecule has 1 amide bonds. The van der Waals surface area contributed by atoms with E-state index in [2.05, 4.69) is 10.3 Å². The summed E-state index contributed by atoms with van der Waals surface area (Å²) in [6.45, 7) is 2.44. The molecule has 1 aromatic heterocycles. The summed E-state index contributed by atoms with van der Waals surface area (Å²) < 4.78 is 13.0. The molecule has 1 aromatic carbocycles. The van der Waals surface area contributed by atoms with Crippen LogP contribution in [-0.2, 0) is 10.2 Å². The van der Waals surface area contributed by atoms with Crippen molar-refractivity contribution in [1.29, 1.82) is 0 Å². The van der Waals surface area contributed by atoms with E-state index in [0.29, 0.717) is 29.8 Å². The number of hydrogen-bond acceptors (Lipinski definition) is 2. The van der Waals surface area contributed by atoms with Gasteiger partial charge in [0.2, 0.25) is 11.5 Å². The molecule has 2 heterocycles. The van der Waals surface area contributed by atoms with Gasteiger partial charge in [-0.3, -0.25) is 9.59 Å². The topological polar surface area (TPSA) is 62.0 Å². The lowest BCUT2D eigenvalue weighted by Gasteiger charge is -2.21. The van der Waals surface area contributed by atoms with E-state index in [4.69, 9.17) is 0 Å². The van der Waals surface area contributed by atoms with E-state index in [1.807, 2.05) is 6.92 Å². The van der Waals surface area contributed by atoms with Crippen LogP contribution in [0.15, 0.2) is 41.2 Å². The van der Waals surface area contributed by atoms with E-state index < -0.39 is 5.41 Å². The highest BCUT2D eigenvalue weighted by Crippen LogP contribution is 2.32. The van der Waals surface area contributed by atoms with E-state index in [1.165, 1.54) is 18.2 Å². The van der Waals surface area contributed by atoms with Crippen molar-refractivity contribution in [2.24, 2.45) is 0 Å². The summed E-state index contributed by atoms with van der Waals surface area (Å²) in [5.41, 5.74) is 1.01. The van der Waals surface area contributed by atoms with Crippen molar-refractivity contribution >= 4 is 5.91 Å². The maximum atomic E-state index is 13.0. The summed E-state index contributed by atoms with van der Waals surface area (Å²) in [7, 11) is 0. The quantitative estimate of drug-likeness (QED) is 0.886. The molecule has 108 valence electrons. The molecule has 0 spiro atoms.